The van der Waals surface area contributed by atoms with Gasteiger partial charge in [-0.25, -0.2) is 0 Å². The van der Waals surface area contributed by atoms with E-state index in [2.05, 4.69) is 35.8 Å². The zero-order valence-corrected chi connectivity index (χ0v) is 19.6. The van der Waals surface area contributed by atoms with Gasteiger partial charge in [0, 0.05) is 29.6 Å². The molecular weight excluding hydrogens is 431 g/mol. The Bertz CT molecular complexity index is 884. The Morgan fingerprint density at radius 2 is 2.10 bits per heavy atom. The van der Waals surface area contributed by atoms with Gasteiger partial charge >= 0.3 is 0 Å². The molecule has 2 aromatic rings. The minimum atomic E-state index is -1.05. The molecule has 1 aliphatic heterocycles. The highest BCUT2D eigenvalue weighted by Gasteiger charge is 2.40. The maximum Gasteiger partial charge on any atom is 0.234 e. The highest BCUT2D eigenvalue weighted by Crippen LogP contribution is 2.44. The van der Waals surface area contributed by atoms with Crippen molar-refractivity contribution in [1.29, 1.82) is 0 Å². The molecule has 168 valence electrons. The first-order chi connectivity index (χ1) is 15.0. The van der Waals surface area contributed by atoms with E-state index in [-0.39, 0.29) is 17.7 Å². The topological polar surface area (TPSA) is 61.4 Å². The summed E-state index contributed by atoms with van der Waals surface area (Å²) >= 11 is 12.3. The Balaban J connectivity index is 2.00. The molecule has 6 heteroatoms. The monoisotopic (exact) mass is 462 g/mol. The summed E-state index contributed by atoms with van der Waals surface area (Å²) in [5, 5.41) is 19.1. The van der Waals surface area contributed by atoms with Gasteiger partial charge < -0.3 is 15.7 Å². The van der Waals surface area contributed by atoms with E-state index in [1.54, 1.807) is 0 Å². The second kappa shape index (κ2) is 11.3. The third kappa shape index (κ3) is 5.81. The summed E-state index contributed by atoms with van der Waals surface area (Å²) in [4.78, 5) is 11.5. The van der Waals surface area contributed by atoms with E-state index in [0.717, 1.165) is 49.0 Å². The Hall–Kier alpha value is -1.59. The van der Waals surface area contributed by atoms with Crippen molar-refractivity contribution in [3.8, 4) is 11.1 Å². The Kier molecular flexibility index (Phi) is 8.79. The Morgan fingerprint density at radius 3 is 2.81 bits per heavy atom. The molecule has 3 rings (SSSR count). The van der Waals surface area contributed by atoms with Gasteiger partial charge in [-0.15, -0.1) is 11.6 Å². The van der Waals surface area contributed by atoms with Crippen molar-refractivity contribution in [2.24, 2.45) is 5.92 Å². The van der Waals surface area contributed by atoms with Crippen molar-refractivity contribution in [2.75, 3.05) is 25.5 Å². The number of carbonyl (C=O) groups excluding carboxylic acids is 1. The van der Waals surface area contributed by atoms with Crippen LogP contribution in [0.15, 0.2) is 42.5 Å². The van der Waals surface area contributed by atoms with Crippen molar-refractivity contribution in [3.63, 3.8) is 0 Å². The molecule has 1 amide bonds. The SMILES string of the molecule is CCc1cccc(-c2c(Cl)cccc2[C@](O)(CCCNC(=O)CCl)[C@@H]2CCCNC2)c1. The number of hydrogen-bond donors (Lipinski definition) is 3. The van der Waals surface area contributed by atoms with Crippen molar-refractivity contribution in [2.45, 2.75) is 44.6 Å². The van der Waals surface area contributed by atoms with Gasteiger partial charge in [0.2, 0.25) is 5.91 Å². The lowest BCUT2D eigenvalue weighted by Gasteiger charge is -2.40. The fraction of sp³-hybridized carbons (Fsp3) is 0.480. The smallest absolute Gasteiger partial charge is 0.234 e. The number of rotatable bonds is 9. The van der Waals surface area contributed by atoms with Crippen LogP contribution in [0.3, 0.4) is 0 Å². The molecule has 0 aliphatic carbocycles. The lowest BCUT2D eigenvalue weighted by atomic mass is 9.72. The lowest BCUT2D eigenvalue weighted by Crippen LogP contribution is -2.45. The van der Waals surface area contributed by atoms with Gasteiger partial charge in [-0.1, -0.05) is 54.9 Å². The van der Waals surface area contributed by atoms with Gasteiger partial charge in [0.05, 0.1) is 5.60 Å². The number of hydrogen-bond acceptors (Lipinski definition) is 3. The quantitative estimate of drug-likeness (QED) is 0.367. The van der Waals surface area contributed by atoms with Crippen molar-refractivity contribution >= 4 is 29.1 Å². The summed E-state index contributed by atoms with van der Waals surface area (Å²) in [7, 11) is 0. The van der Waals surface area contributed by atoms with Crippen molar-refractivity contribution in [1.82, 2.24) is 10.6 Å². The zero-order chi connectivity index (χ0) is 22.3. The van der Waals surface area contributed by atoms with Crippen molar-refractivity contribution < 1.29 is 9.90 Å². The number of alkyl halides is 1. The molecular formula is C25H32Cl2N2O2. The second-order valence-electron chi connectivity index (χ2n) is 8.27. The number of benzene rings is 2. The van der Waals surface area contributed by atoms with E-state index >= 15 is 0 Å². The minimum Gasteiger partial charge on any atom is -0.385 e. The second-order valence-corrected chi connectivity index (χ2v) is 8.95. The first-order valence-corrected chi connectivity index (χ1v) is 12.0. The number of carbonyl (C=O) groups is 1. The average Bonchev–Trinajstić information content (AvgIpc) is 2.81. The first-order valence-electron chi connectivity index (χ1n) is 11.1. The van der Waals surface area contributed by atoms with Crippen LogP contribution in [0, 0.1) is 5.92 Å². The molecule has 0 saturated carbocycles. The molecule has 31 heavy (non-hydrogen) atoms. The largest absolute Gasteiger partial charge is 0.385 e. The van der Waals surface area contributed by atoms with Gasteiger partial charge in [0.1, 0.15) is 5.88 Å². The molecule has 0 spiro atoms. The van der Waals surface area contributed by atoms with E-state index in [9.17, 15) is 9.90 Å². The van der Waals surface area contributed by atoms with Crippen LogP contribution in [0.5, 0.6) is 0 Å². The van der Waals surface area contributed by atoms with E-state index in [1.807, 2.05) is 24.3 Å². The lowest BCUT2D eigenvalue weighted by molar-refractivity contribution is -0.118. The van der Waals surface area contributed by atoms with Crippen LogP contribution in [0.4, 0.5) is 0 Å². The molecule has 2 atom stereocenters. The molecule has 1 heterocycles. The molecule has 0 bridgehead atoms. The fourth-order valence-electron chi connectivity index (χ4n) is 4.58. The predicted molar refractivity (Wildman–Crippen MR) is 129 cm³/mol. The van der Waals surface area contributed by atoms with E-state index < -0.39 is 5.60 Å². The standard InChI is InChI=1S/C25H32Cl2N2O2/c1-2-18-7-3-8-19(15-18)24-21(10-4-11-22(24)27)25(31,20-9-5-13-28-17-20)12-6-14-29-23(30)16-26/h3-4,7-8,10-11,15,20,28,31H,2,5-6,9,12-14,16-17H2,1H3,(H,29,30)/t20-,25+/m1/s1. The predicted octanol–water partition coefficient (Wildman–Crippen LogP) is 4.89. The summed E-state index contributed by atoms with van der Waals surface area (Å²) in [5.74, 6) is -0.177. The highest BCUT2D eigenvalue weighted by molar-refractivity contribution is 6.33. The van der Waals surface area contributed by atoms with Crippen LogP contribution in [0.2, 0.25) is 5.02 Å². The Labute approximate surface area is 195 Å². The van der Waals surface area contributed by atoms with Gasteiger partial charge in [-0.05, 0) is 61.4 Å². The molecule has 0 radical (unpaired) electrons. The third-order valence-corrected chi connectivity index (χ3v) is 6.81. The summed E-state index contributed by atoms with van der Waals surface area (Å²) in [6, 6.07) is 14.2. The third-order valence-electron chi connectivity index (χ3n) is 6.25. The number of amides is 1. The summed E-state index contributed by atoms with van der Waals surface area (Å²) in [6.07, 6.45) is 4.08. The van der Waals surface area contributed by atoms with Crippen LogP contribution < -0.4 is 10.6 Å². The van der Waals surface area contributed by atoms with E-state index in [4.69, 9.17) is 23.2 Å². The normalized spacial score (nSPS) is 18.4. The van der Waals surface area contributed by atoms with E-state index in [1.165, 1.54) is 5.56 Å². The summed E-state index contributed by atoms with van der Waals surface area (Å²) < 4.78 is 0. The molecule has 0 aromatic heterocycles. The molecule has 0 unspecified atom stereocenters. The van der Waals surface area contributed by atoms with Gasteiger partial charge in [0.25, 0.3) is 0 Å². The number of halogens is 2. The molecule has 4 nitrogen and oxygen atoms in total. The summed E-state index contributed by atoms with van der Waals surface area (Å²) in [6.45, 7) is 4.34. The fourth-order valence-corrected chi connectivity index (χ4v) is 4.95. The maximum absolute atomic E-state index is 12.2. The number of piperidine rings is 1. The van der Waals surface area contributed by atoms with Crippen molar-refractivity contribution in [3.05, 3.63) is 58.6 Å². The molecule has 3 N–H and O–H groups in total. The first kappa shape index (κ1) is 24.1. The zero-order valence-electron chi connectivity index (χ0n) is 18.1. The van der Waals surface area contributed by atoms with Crippen LogP contribution >= 0.6 is 23.2 Å². The van der Waals surface area contributed by atoms with Crippen LogP contribution in [-0.4, -0.2) is 36.5 Å². The van der Waals surface area contributed by atoms with Crippen LogP contribution in [0.1, 0.15) is 43.7 Å². The summed E-state index contributed by atoms with van der Waals surface area (Å²) in [5.41, 5.74) is 2.97. The van der Waals surface area contributed by atoms with Gasteiger partial charge in [0.15, 0.2) is 0 Å². The Morgan fingerprint density at radius 1 is 1.29 bits per heavy atom. The molecule has 1 fully saturated rings. The maximum atomic E-state index is 12.2. The van der Waals surface area contributed by atoms with E-state index in [0.29, 0.717) is 24.4 Å². The molecule has 2 aromatic carbocycles. The number of aliphatic hydroxyl groups is 1. The number of aryl methyl sites for hydroxylation is 1. The van der Waals surface area contributed by atoms with Crippen LogP contribution in [-0.2, 0) is 16.8 Å². The van der Waals surface area contributed by atoms with Gasteiger partial charge in [-0.3, -0.25) is 4.79 Å². The highest BCUT2D eigenvalue weighted by atomic mass is 35.5. The average molecular weight is 463 g/mol. The minimum absolute atomic E-state index is 0.0526. The van der Waals surface area contributed by atoms with Gasteiger partial charge in [-0.2, -0.15) is 0 Å². The number of nitrogens with one attached hydrogen (secondary N) is 2. The molecule has 1 aliphatic rings. The van der Waals surface area contributed by atoms with Crippen LogP contribution in [0.25, 0.3) is 11.1 Å². The molecule has 1 saturated heterocycles.